The molecule has 0 spiro atoms. The van der Waals surface area contributed by atoms with E-state index in [1.165, 1.54) is 25.7 Å². The number of rotatable bonds is 1. The Hall–Kier alpha value is -0.710. The highest BCUT2D eigenvalue weighted by Gasteiger charge is 2.08. The van der Waals surface area contributed by atoms with Crippen LogP contribution in [-0.2, 0) is 0 Å². The molecule has 0 N–H and O–H groups in total. The lowest BCUT2D eigenvalue weighted by molar-refractivity contribution is 0.627. The molecule has 19 heavy (non-hydrogen) atoms. The zero-order chi connectivity index (χ0) is 14.3. The summed E-state index contributed by atoms with van der Waals surface area (Å²) < 4.78 is 14.3. The van der Waals surface area contributed by atoms with Crippen LogP contribution in [0.25, 0.3) is 5.69 Å². The molecule has 1 heterocycles. The molecule has 0 amide bonds. The number of nitrogens with zero attached hydrogens (tertiary/aromatic N) is 2. The van der Waals surface area contributed by atoms with Gasteiger partial charge in [-0.3, -0.25) is 0 Å². The van der Waals surface area contributed by atoms with E-state index in [0.717, 1.165) is 0 Å². The highest BCUT2D eigenvalue weighted by Crippen LogP contribution is 2.20. The predicted octanol–water partition coefficient (Wildman–Crippen LogP) is 5.08. The zero-order valence-corrected chi connectivity index (χ0v) is 14.1. The van der Waals surface area contributed by atoms with Gasteiger partial charge in [0.15, 0.2) is 0 Å². The summed E-state index contributed by atoms with van der Waals surface area (Å²) in [6.07, 6.45) is 1.59. The number of hydrogen-bond donors (Lipinski definition) is 0. The zero-order valence-electron chi connectivity index (χ0n) is 10.3. The summed E-state index contributed by atoms with van der Waals surface area (Å²) in [4.78, 5) is 0. The van der Waals surface area contributed by atoms with Crippen molar-refractivity contribution in [3.63, 3.8) is 0 Å². The first-order valence-electron chi connectivity index (χ1n) is 5.50. The van der Waals surface area contributed by atoms with Crippen molar-refractivity contribution in [3.05, 3.63) is 47.0 Å². The Bertz CT molecular complexity index is 587. The molecule has 0 saturated heterocycles. The van der Waals surface area contributed by atoms with Crippen LogP contribution < -0.4 is 0 Å². The van der Waals surface area contributed by atoms with E-state index < -0.39 is 0 Å². The van der Waals surface area contributed by atoms with Crippen LogP contribution in [0.1, 0.15) is 19.4 Å². The number of halogens is 3. The molecule has 0 bridgehead atoms. The second-order valence-electron chi connectivity index (χ2n) is 3.04. The molecule has 0 radical (unpaired) electrons. The first-order chi connectivity index (χ1) is 9.22. The second-order valence-corrected chi connectivity index (χ2v) is 5.08. The van der Waals surface area contributed by atoms with E-state index >= 15 is 0 Å². The van der Waals surface area contributed by atoms with Gasteiger partial charge in [-0.1, -0.05) is 25.4 Å². The maximum Gasteiger partial charge on any atom is 0.148 e. The van der Waals surface area contributed by atoms with E-state index in [1.807, 2.05) is 13.8 Å². The summed E-state index contributed by atoms with van der Waals surface area (Å²) >= 11 is 8.21. The molecule has 0 aliphatic rings. The van der Waals surface area contributed by atoms with E-state index in [9.17, 15) is 4.39 Å². The van der Waals surface area contributed by atoms with Crippen molar-refractivity contribution in [3.8, 4) is 16.9 Å². The minimum Gasteiger partial charge on any atom is -0.221 e. The van der Waals surface area contributed by atoms with Gasteiger partial charge in [-0.15, -0.1) is 0 Å². The molecule has 0 aliphatic carbocycles. The first-order valence-corrected chi connectivity index (χ1v) is 9.24. The van der Waals surface area contributed by atoms with Crippen LogP contribution in [-0.4, -0.2) is 9.78 Å². The first kappa shape index (κ1) is 16.3. The van der Waals surface area contributed by atoms with Gasteiger partial charge in [0.1, 0.15) is 11.0 Å². The lowest BCUT2D eigenvalue weighted by Crippen LogP contribution is -1.96. The van der Waals surface area contributed by atoms with Crippen molar-refractivity contribution in [1.82, 2.24) is 9.78 Å². The molecule has 2 nitrogen and oxygen atoms in total. The molecular formula is C13H11ClFIN2S. The number of hydrogen-bond acceptors (Lipinski definition) is 2. The summed E-state index contributed by atoms with van der Waals surface area (Å²) in [5, 5.41) is 7.38. The topological polar surface area (TPSA) is 17.8 Å². The summed E-state index contributed by atoms with van der Waals surface area (Å²) in [5.41, 5.74) is 1.35. The van der Waals surface area contributed by atoms with Crippen molar-refractivity contribution in [2.24, 2.45) is 0 Å². The number of benzene rings is 1. The molecule has 0 atom stereocenters. The molecule has 0 unspecified atom stereocenters. The van der Waals surface area contributed by atoms with Crippen LogP contribution in [0.2, 0.25) is 5.15 Å². The fourth-order valence-corrected chi connectivity index (χ4v) is 1.97. The molecule has 1 aromatic heterocycles. The van der Waals surface area contributed by atoms with Gasteiger partial charge in [-0.05, 0) is 44.4 Å². The van der Waals surface area contributed by atoms with Crippen LogP contribution in [0.5, 0.6) is 0 Å². The van der Waals surface area contributed by atoms with E-state index in [0.29, 0.717) is 16.4 Å². The van der Waals surface area contributed by atoms with Gasteiger partial charge in [0, 0.05) is 21.2 Å². The van der Waals surface area contributed by atoms with Gasteiger partial charge in [0.25, 0.3) is 0 Å². The van der Waals surface area contributed by atoms with E-state index in [4.69, 9.17) is 11.6 Å². The van der Waals surface area contributed by atoms with Crippen LogP contribution in [0, 0.1) is 17.0 Å². The lowest BCUT2D eigenvalue weighted by Gasteiger charge is -2.02. The van der Waals surface area contributed by atoms with Crippen molar-refractivity contribution in [2.45, 2.75) is 13.8 Å². The van der Waals surface area contributed by atoms with Gasteiger partial charge >= 0.3 is 0 Å². The average molecular weight is 409 g/mol. The van der Waals surface area contributed by atoms with Crippen molar-refractivity contribution < 1.29 is 4.39 Å². The Kier molecular flexibility index (Phi) is 7.28. The molecule has 1 aromatic carbocycles. The third-order valence-corrected chi connectivity index (χ3v) is 3.21. The maximum absolute atomic E-state index is 12.8. The monoisotopic (exact) mass is 408 g/mol. The predicted molar refractivity (Wildman–Crippen MR) is 88.4 cm³/mol. The number of aromatic nitrogens is 2. The smallest absolute Gasteiger partial charge is 0.148 e. The van der Waals surface area contributed by atoms with Gasteiger partial charge < -0.3 is 0 Å². The Morgan fingerprint density at radius 3 is 2.53 bits per heavy atom. The normalized spacial score (nSPS) is 9.11. The molecule has 2 aromatic rings. The van der Waals surface area contributed by atoms with E-state index in [1.54, 1.807) is 18.3 Å². The standard InChI is InChI=1S/C11H5ClFIN2S.C2H6/c12-11-8(5-6-17-14)7-15-16(11)10-3-1-9(13)2-4-10;1-2/h1-4,7H;1-2H3. The molecule has 0 aliphatic heterocycles. The lowest BCUT2D eigenvalue weighted by atomic mass is 10.3. The van der Waals surface area contributed by atoms with Crippen molar-refractivity contribution in [1.29, 1.82) is 0 Å². The highest BCUT2D eigenvalue weighted by molar-refractivity contribution is 14.2. The molecule has 0 fully saturated rings. The summed E-state index contributed by atoms with van der Waals surface area (Å²) in [7, 11) is 1.38. The van der Waals surface area contributed by atoms with Gasteiger partial charge in [0.2, 0.25) is 0 Å². The van der Waals surface area contributed by atoms with Crippen LogP contribution >= 0.6 is 41.7 Å². The van der Waals surface area contributed by atoms with Crippen molar-refractivity contribution in [2.75, 3.05) is 0 Å². The minimum atomic E-state index is -0.293. The Balaban J connectivity index is 0.000000861. The van der Waals surface area contributed by atoms with Gasteiger partial charge in [-0.25, -0.2) is 9.07 Å². The largest absolute Gasteiger partial charge is 0.221 e. The third-order valence-electron chi connectivity index (χ3n) is 2.01. The van der Waals surface area contributed by atoms with Crippen LogP contribution in [0.15, 0.2) is 30.5 Å². The van der Waals surface area contributed by atoms with Gasteiger partial charge in [0.05, 0.1) is 17.4 Å². The van der Waals surface area contributed by atoms with Crippen LogP contribution in [0.3, 0.4) is 0 Å². The van der Waals surface area contributed by atoms with Crippen LogP contribution in [0.4, 0.5) is 4.39 Å². The molecule has 2 rings (SSSR count). The minimum absolute atomic E-state index is 0.293. The van der Waals surface area contributed by atoms with E-state index in [-0.39, 0.29) is 5.82 Å². The van der Waals surface area contributed by atoms with Gasteiger partial charge in [-0.2, -0.15) is 5.10 Å². The fourth-order valence-electron chi connectivity index (χ4n) is 1.25. The molecule has 6 heteroatoms. The fraction of sp³-hybridized carbons (Fsp3) is 0.154. The van der Waals surface area contributed by atoms with Crippen molar-refractivity contribution >= 4 is 41.7 Å². The summed E-state index contributed by atoms with van der Waals surface area (Å²) in [6, 6.07) is 5.94. The summed E-state index contributed by atoms with van der Waals surface area (Å²) in [5.74, 6) is 2.59. The van der Waals surface area contributed by atoms with E-state index in [2.05, 4.69) is 37.5 Å². The third kappa shape index (κ3) is 4.41. The Labute approximate surface area is 133 Å². The maximum atomic E-state index is 12.8. The Morgan fingerprint density at radius 2 is 1.95 bits per heavy atom. The Morgan fingerprint density at radius 1 is 1.32 bits per heavy atom. The molecular weight excluding hydrogens is 398 g/mol. The molecule has 0 saturated carbocycles. The quantitative estimate of drug-likeness (QED) is 0.483. The summed E-state index contributed by atoms with van der Waals surface area (Å²) in [6.45, 7) is 4.00. The SMILES string of the molecule is CC.Fc1ccc(-n2ncc(C#CSI)c2Cl)cc1. The average Bonchev–Trinajstić information content (AvgIpc) is 2.81. The molecule has 100 valence electrons. The highest BCUT2D eigenvalue weighted by atomic mass is 127. The second kappa shape index (κ2) is 8.46.